The number of thioether (sulfide) groups is 1. The fourth-order valence-electron chi connectivity index (χ4n) is 0.955. The van der Waals surface area contributed by atoms with Gasteiger partial charge in [-0.2, -0.15) is 13.2 Å². The van der Waals surface area contributed by atoms with Crippen LogP contribution in [0, 0.1) is 6.92 Å². The van der Waals surface area contributed by atoms with Crippen LogP contribution in [0.5, 0.6) is 0 Å². The van der Waals surface area contributed by atoms with E-state index in [-0.39, 0.29) is 5.25 Å². The Bertz CT molecular complexity index is 287. The molecule has 1 atom stereocenters. The van der Waals surface area contributed by atoms with Gasteiger partial charge in [0.2, 0.25) is 0 Å². The zero-order valence-electron chi connectivity index (χ0n) is 7.64. The van der Waals surface area contributed by atoms with Crippen LogP contribution in [0.4, 0.5) is 13.2 Å². The first-order chi connectivity index (χ1) is 6.39. The van der Waals surface area contributed by atoms with Crippen LogP contribution in [-0.2, 0) is 6.18 Å². The van der Waals surface area contributed by atoms with Crippen LogP contribution in [0.3, 0.4) is 0 Å². The molecular formula is C10H10F3S. The van der Waals surface area contributed by atoms with Crippen molar-refractivity contribution in [3.63, 3.8) is 0 Å². The quantitative estimate of drug-likeness (QED) is 0.677. The molecule has 0 fully saturated rings. The predicted octanol–water partition coefficient (Wildman–Crippen LogP) is 4.02. The van der Waals surface area contributed by atoms with Crippen LogP contribution >= 0.6 is 11.8 Å². The zero-order valence-corrected chi connectivity index (χ0v) is 8.45. The molecule has 0 aliphatic carbocycles. The maximum Gasteiger partial charge on any atom is 0.416 e. The van der Waals surface area contributed by atoms with Gasteiger partial charge in [0.15, 0.2) is 0 Å². The molecule has 1 rings (SSSR count). The van der Waals surface area contributed by atoms with Crippen LogP contribution in [0.15, 0.2) is 29.2 Å². The van der Waals surface area contributed by atoms with Crippen molar-refractivity contribution >= 4 is 11.8 Å². The minimum absolute atomic E-state index is 0.131. The molecule has 14 heavy (non-hydrogen) atoms. The highest BCUT2D eigenvalue weighted by molar-refractivity contribution is 8.00. The van der Waals surface area contributed by atoms with E-state index in [9.17, 15) is 13.2 Å². The Kier molecular flexibility index (Phi) is 3.48. The third-order valence-corrected chi connectivity index (χ3v) is 2.47. The van der Waals surface area contributed by atoms with Crippen LogP contribution in [0.25, 0.3) is 0 Å². The van der Waals surface area contributed by atoms with E-state index in [1.54, 1.807) is 0 Å². The lowest BCUT2D eigenvalue weighted by Gasteiger charge is -2.08. The highest BCUT2D eigenvalue weighted by atomic mass is 32.2. The molecule has 0 spiro atoms. The summed E-state index contributed by atoms with van der Waals surface area (Å²) in [5.74, 6) is 0. The molecule has 0 aliphatic heterocycles. The second kappa shape index (κ2) is 4.26. The third-order valence-electron chi connectivity index (χ3n) is 1.52. The SMILES string of the molecule is [CH2]C(C)Sc1ccc(C(F)(F)F)cc1. The topological polar surface area (TPSA) is 0 Å². The van der Waals surface area contributed by atoms with E-state index in [2.05, 4.69) is 6.92 Å². The van der Waals surface area contributed by atoms with Gasteiger partial charge in [0.1, 0.15) is 0 Å². The number of benzene rings is 1. The van der Waals surface area contributed by atoms with Crippen molar-refractivity contribution in [3.8, 4) is 0 Å². The van der Waals surface area contributed by atoms with E-state index in [1.165, 1.54) is 23.9 Å². The van der Waals surface area contributed by atoms with Crippen molar-refractivity contribution in [2.75, 3.05) is 0 Å². The predicted molar refractivity (Wildman–Crippen MR) is 52.1 cm³/mol. The van der Waals surface area contributed by atoms with Crippen molar-refractivity contribution in [1.29, 1.82) is 0 Å². The standard InChI is InChI=1S/C10H10F3S/c1-7(2)14-9-5-3-8(4-6-9)10(11,12)13/h3-7H,1H2,2H3. The Morgan fingerprint density at radius 2 is 1.71 bits per heavy atom. The summed E-state index contributed by atoms with van der Waals surface area (Å²) in [6, 6.07) is 5.11. The van der Waals surface area contributed by atoms with E-state index in [4.69, 9.17) is 0 Å². The molecule has 0 heterocycles. The van der Waals surface area contributed by atoms with Gasteiger partial charge in [0.05, 0.1) is 5.56 Å². The summed E-state index contributed by atoms with van der Waals surface area (Å²) in [7, 11) is 0. The van der Waals surface area contributed by atoms with Crippen molar-refractivity contribution in [3.05, 3.63) is 36.8 Å². The molecule has 4 heteroatoms. The lowest BCUT2D eigenvalue weighted by Crippen LogP contribution is -2.04. The first-order valence-corrected chi connectivity index (χ1v) is 4.94. The van der Waals surface area contributed by atoms with Crippen molar-refractivity contribution in [2.24, 2.45) is 0 Å². The van der Waals surface area contributed by atoms with Crippen LogP contribution in [0.2, 0.25) is 0 Å². The summed E-state index contributed by atoms with van der Waals surface area (Å²) in [6.45, 7) is 5.64. The molecule has 0 saturated heterocycles. The average molecular weight is 219 g/mol. The third kappa shape index (κ3) is 3.25. The Balaban J connectivity index is 2.79. The Hall–Kier alpha value is -0.640. The Labute approximate surface area is 85.5 Å². The second-order valence-corrected chi connectivity index (χ2v) is 4.46. The molecule has 1 aromatic rings. The first-order valence-electron chi connectivity index (χ1n) is 4.06. The van der Waals surface area contributed by atoms with Crippen LogP contribution < -0.4 is 0 Å². The fraction of sp³-hybridized carbons (Fsp3) is 0.300. The minimum Gasteiger partial charge on any atom is -0.166 e. The van der Waals surface area contributed by atoms with E-state index in [1.807, 2.05) is 6.92 Å². The van der Waals surface area contributed by atoms with Gasteiger partial charge >= 0.3 is 6.18 Å². The molecular weight excluding hydrogens is 209 g/mol. The van der Waals surface area contributed by atoms with E-state index in [0.717, 1.165) is 17.0 Å². The van der Waals surface area contributed by atoms with Gasteiger partial charge in [-0.1, -0.05) is 6.92 Å². The molecule has 0 nitrogen and oxygen atoms in total. The number of rotatable bonds is 2. The number of hydrogen-bond donors (Lipinski definition) is 0. The molecule has 0 aromatic heterocycles. The molecule has 1 unspecified atom stereocenters. The molecule has 0 amide bonds. The highest BCUT2D eigenvalue weighted by Gasteiger charge is 2.29. The highest BCUT2D eigenvalue weighted by Crippen LogP contribution is 2.31. The lowest BCUT2D eigenvalue weighted by molar-refractivity contribution is -0.137. The van der Waals surface area contributed by atoms with Crippen LogP contribution in [0.1, 0.15) is 12.5 Å². The second-order valence-electron chi connectivity index (χ2n) is 2.95. The smallest absolute Gasteiger partial charge is 0.166 e. The van der Waals surface area contributed by atoms with Gasteiger partial charge in [-0.25, -0.2) is 0 Å². The maximum absolute atomic E-state index is 12.2. The zero-order chi connectivity index (χ0) is 10.8. The monoisotopic (exact) mass is 219 g/mol. The summed E-state index contributed by atoms with van der Waals surface area (Å²) in [4.78, 5) is 0.806. The minimum atomic E-state index is -4.25. The van der Waals surface area contributed by atoms with Gasteiger partial charge in [-0.3, -0.25) is 0 Å². The number of halogens is 3. The Morgan fingerprint density at radius 3 is 2.07 bits per heavy atom. The van der Waals surface area contributed by atoms with Crippen molar-refractivity contribution < 1.29 is 13.2 Å². The molecule has 0 saturated carbocycles. The van der Waals surface area contributed by atoms with Gasteiger partial charge in [-0.15, -0.1) is 11.8 Å². The summed E-state index contributed by atoms with van der Waals surface area (Å²) in [6.07, 6.45) is -4.25. The van der Waals surface area contributed by atoms with Crippen molar-refractivity contribution in [2.45, 2.75) is 23.2 Å². The van der Waals surface area contributed by atoms with Gasteiger partial charge in [-0.05, 0) is 31.2 Å². The molecule has 0 bridgehead atoms. The van der Waals surface area contributed by atoms with Gasteiger partial charge < -0.3 is 0 Å². The molecule has 0 N–H and O–H groups in total. The largest absolute Gasteiger partial charge is 0.416 e. The summed E-state index contributed by atoms with van der Waals surface area (Å²) >= 11 is 1.44. The number of hydrogen-bond acceptors (Lipinski definition) is 1. The van der Waals surface area contributed by atoms with Gasteiger partial charge in [0, 0.05) is 10.1 Å². The first kappa shape index (κ1) is 11.4. The summed E-state index contributed by atoms with van der Waals surface area (Å²) in [5.41, 5.74) is -0.612. The van der Waals surface area contributed by atoms with E-state index < -0.39 is 11.7 Å². The van der Waals surface area contributed by atoms with E-state index in [0.29, 0.717) is 0 Å². The summed E-state index contributed by atoms with van der Waals surface area (Å²) in [5, 5.41) is 0.131. The molecule has 1 aromatic carbocycles. The van der Waals surface area contributed by atoms with Crippen LogP contribution in [-0.4, -0.2) is 5.25 Å². The molecule has 1 radical (unpaired) electrons. The normalized spacial score (nSPS) is 12.1. The van der Waals surface area contributed by atoms with Crippen molar-refractivity contribution in [1.82, 2.24) is 0 Å². The average Bonchev–Trinajstić information content (AvgIpc) is 2.02. The Morgan fingerprint density at radius 1 is 1.21 bits per heavy atom. The number of alkyl halides is 3. The maximum atomic E-state index is 12.2. The van der Waals surface area contributed by atoms with Gasteiger partial charge in [0.25, 0.3) is 0 Å². The summed E-state index contributed by atoms with van der Waals surface area (Å²) < 4.78 is 36.5. The fourth-order valence-corrected chi connectivity index (χ4v) is 1.71. The molecule has 0 aliphatic rings. The lowest BCUT2D eigenvalue weighted by atomic mass is 10.2. The molecule has 77 valence electrons. The van der Waals surface area contributed by atoms with E-state index >= 15 is 0 Å².